The van der Waals surface area contributed by atoms with Gasteiger partial charge in [0, 0.05) is 10.2 Å². The maximum atomic E-state index is 4.05. The Hall–Kier alpha value is -1.08. The molecule has 0 amide bonds. The summed E-state index contributed by atoms with van der Waals surface area (Å²) < 4.78 is 0. The molecule has 0 saturated carbocycles. The van der Waals surface area contributed by atoms with Gasteiger partial charge in [-0.2, -0.15) is 0 Å². The molecule has 0 aromatic heterocycles. The Morgan fingerprint density at radius 1 is 1.29 bits per heavy atom. The van der Waals surface area contributed by atoms with Gasteiger partial charge in [0.25, 0.3) is 0 Å². The van der Waals surface area contributed by atoms with Gasteiger partial charge in [0.05, 0.1) is 0 Å². The van der Waals surface area contributed by atoms with Crippen molar-refractivity contribution in [3.8, 4) is 0 Å². The molecule has 0 atom stereocenters. The average Bonchev–Trinajstić information content (AvgIpc) is 2.20. The predicted molar refractivity (Wildman–Crippen MR) is 65.7 cm³/mol. The van der Waals surface area contributed by atoms with Gasteiger partial charge in [-0.05, 0) is 34.0 Å². The van der Waals surface area contributed by atoms with Gasteiger partial charge in [0.1, 0.15) is 0 Å². The van der Waals surface area contributed by atoms with Gasteiger partial charge in [-0.3, -0.25) is 0 Å². The van der Waals surface area contributed by atoms with Crippen molar-refractivity contribution in [3.63, 3.8) is 0 Å². The molecule has 0 N–H and O–H groups in total. The van der Waals surface area contributed by atoms with Crippen LogP contribution in [0.4, 0.5) is 0 Å². The molecule has 3 radical (unpaired) electrons. The maximum absolute atomic E-state index is 4.05. The van der Waals surface area contributed by atoms with Crippen LogP contribution in [-0.4, -0.2) is 10.2 Å². The zero-order valence-corrected chi connectivity index (χ0v) is 9.64. The van der Waals surface area contributed by atoms with Crippen molar-refractivity contribution >= 4 is 29.5 Å². The van der Waals surface area contributed by atoms with Crippen LogP contribution < -0.4 is 10.4 Å². The summed E-state index contributed by atoms with van der Waals surface area (Å²) in [5.41, 5.74) is 2.44. The fourth-order valence-electron chi connectivity index (χ4n) is 1.43. The lowest BCUT2D eigenvalue weighted by atomic mass is 10.0. The van der Waals surface area contributed by atoms with E-state index in [1.165, 1.54) is 5.56 Å². The molecule has 0 bridgehead atoms. The van der Waals surface area contributed by atoms with E-state index in [0.29, 0.717) is 0 Å². The van der Waals surface area contributed by atoms with Crippen LogP contribution in [0.25, 0.3) is 19.2 Å². The highest BCUT2D eigenvalue weighted by atomic mass is 28.1. The maximum Gasteiger partial charge on any atom is 0.0275 e. The van der Waals surface area contributed by atoms with Crippen molar-refractivity contribution < 1.29 is 0 Å². The fourth-order valence-corrected chi connectivity index (χ4v) is 1.55. The van der Waals surface area contributed by atoms with Gasteiger partial charge in [-0.1, -0.05) is 44.4 Å². The quantitative estimate of drug-likeness (QED) is 0.650. The molecule has 0 aliphatic rings. The second-order valence-corrected chi connectivity index (χ2v) is 3.64. The summed E-state index contributed by atoms with van der Waals surface area (Å²) >= 11 is 0. The number of benzene rings is 1. The molecule has 0 saturated heterocycles. The zero-order chi connectivity index (χ0) is 10.6. The lowest BCUT2D eigenvalue weighted by Crippen LogP contribution is -2.27. The van der Waals surface area contributed by atoms with Crippen LogP contribution in [0, 0.1) is 0 Å². The number of aryl methyl sites for hydroxylation is 1. The van der Waals surface area contributed by atoms with E-state index in [0.717, 1.165) is 28.5 Å². The van der Waals surface area contributed by atoms with E-state index in [2.05, 4.69) is 54.6 Å². The number of hydrogen-bond acceptors (Lipinski definition) is 0. The highest BCUT2D eigenvalue weighted by molar-refractivity contribution is 6.09. The normalized spacial score (nSPS) is 11.0. The predicted octanol–water partition coefficient (Wildman–Crippen LogP) is 1.67. The molecule has 0 nitrogen and oxygen atoms in total. The van der Waals surface area contributed by atoms with Crippen LogP contribution in [-0.2, 0) is 6.42 Å². The Morgan fingerprint density at radius 2 is 2.00 bits per heavy atom. The van der Waals surface area contributed by atoms with Crippen LogP contribution in [0.1, 0.15) is 18.1 Å². The number of allylic oxidation sites excluding steroid dienone is 1. The molecule has 0 aliphatic carbocycles. The van der Waals surface area contributed by atoms with Gasteiger partial charge in [-0.15, -0.1) is 0 Å². The number of rotatable bonds is 3. The van der Waals surface area contributed by atoms with Crippen molar-refractivity contribution in [3.05, 3.63) is 39.8 Å². The smallest absolute Gasteiger partial charge is 0.0275 e. The van der Waals surface area contributed by atoms with E-state index in [9.17, 15) is 0 Å². The van der Waals surface area contributed by atoms with Crippen molar-refractivity contribution in [2.75, 3.05) is 0 Å². The fraction of sp³-hybridized carbons (Fsp3) is 0.231. The van der Waals surface area contributed by atoms with E-state index < -0.39 is 0 Å². The largest absolute Gasteiger partial charge is 0.0909 e. The molecule has 0 fully saturated rings. The SMILES string of the molecule is C=c1c(C=CC[Si])ccc(CC)c1=C. The highest BCUT2D eigenvalue weighted by Gasteiger charge is 1.94. The van der Waals surface area contributed by atoms with Crippen LogP contribution in [0.3, 0.4) is 0 Å². The van der Waals surface area contributed by atoms with Gasteiger partial charge in [-0.25, -0.2) is 0 Å². The molecule has 0 unspecified atom stereocenters. The van der Waals surface area contributed by atoms with Crippen LogP contribution >= 0.6 is 0 Å². The van der Waals surface area contributed by atoms with Crippen molar-refractivity contribution in [1.29, 1.82) is 0 Å². The first kappa shape index (κ1) is 11.0. The molecule has 0 spiro atoms. The average molecular weight is 199 g/mol. The minimum Gasteiger partial charge on any atom is -0.0909 e. The number of hydrogen-bond donors (Lipinski definition) is 0. The molecule has 1 heteroatoms. The third-order valence-electron chi connectivity index (χ3n) is 2.36. The van der Waals surface area contributed by atoms with E-state index >= 15 is 0 Å². The van der Waals surface area contributed by atoms with E-state index in [1.807, 2.05) is 0 Å². The molecular weight excluding hydrogens is 184 g/mol. The van der Waals surface area contributed by atoms with Crippen molar-refractivity contribution in [2.45, 2.75) is 19.4 Å². The topological polar surface area (TPSA) is 0 Å². The first-order chi connectivity index (χ1) is 6.70. The standard InChI is InChI=1S/C13H15Si/c1-4-12-7-8-13(6-5-9-14)11(3)10(12)2/h5-8H,2-4,9H2,1H3. The minimum atomic E-state index is 0.863. The molecule has 0 heterocycles. The van der Waals surface area contributed by atoms with Crippen LogP contribution in [0.15, 0.2) is 18.2 Å². The molecule has 1 aromatic rings. The third-order valence-corrected chi connectivity index (χ3v) is 2.60. The third kappa shape index (κ3) is 2.24. The van der Waals surface area contributed by atoms with E-state index in [1.54, 1.807) is 0 Å². The minimum absolute atomic E-state index is 0.863. The van der Waals surface area contributed by atoms with Gasteiger partial charge < -0.3 is 0 Å². The van der Waals surface area contributed by atoms with Gasteiger partial charge >= 0.3 is 0 Å². The second-order valence-electron chi connectivity index (χ2n) is 3.23. The van der Waals surface area contributed by atoms with E-state index in [-0.39, 0.29) is 0 Å². The van der Waals surface area contributed by atoms with Crippen molar-refractivity contribution in [2.24, 2.45) is 0 Å². The van der Waals surface area contributed by atoms with Crippen molar-refractivity contribution in [1.82, 2.24) is 0 Å². The Labute approximate surface area is 89.1 Å². The summed E-state index contributed by atoms with van der Waals surface area (Å²) in [6.07, 6.45) is 5.15. The van der Waals surface area contributed by atoms with Crippen LogP contribution in [0.5, 0.6) is 0 Å². The lowest BCUT2D eigenvalue weighted by Gasteiger charge is -2.01. The Balaban J connectivity index is 3.25. The Morgan fingerprint density at radius 3 is 2.57 bits per heavy atom. The summed E-state index contributed by atoms with van der Waals surface area (Å²) in [6, 6.07) is 5.10. The lowest BCUT2D eigenvalue weighted by molar-refractivity contribution is 1.11. The summed E-state index contributed by atoms with van der Waals surface area (Å²) in [5.74, 6) is 0. The van der Waals surface area contributed by atoms with Crippen LogP contribution in [0.2, 0.25) is 6.04 Å². The Kier molecular flexibility index (Phi) is 3.90. The monoisotopic (exact) mass is 199 g/mol. The molecule has 14 heavy (non-hydrogen) atoms. The summed E-state index contributed by atoms with van der Waals surface area (Å²) in [6.45, 7) is 10.2. The molecule has 1 rings (SSSR count). The first-order valence-corrected chi connectivity index (χ1v) is 5.52. The van der Waals surface area contributed by atoms with Gasteiger partial charge in [0.2, 0.25) is 0 Å². The second kappa shape index (κ2) is 4.96. The Bertz CT molecular complexity index is 429. The molecular formula is C13H15Si. The highest BCUT2D eigenvalue weighted by Crippen LogP contribution is 1.97. The summed E-state index contributed by atoms with van der Waals surface area (Å²) in [4.78, 5) is 0. The molecule has 71 valence electrons. The van der Waals surface area contributed by atoms with Gasteiger partial charge in [0.15, 0.2) is 0 Å². The summed E-state index contributed by atoms with van der Waals surface area (Å²) in [5, 5.41) is 2.12. The van der Waals surface area contributed by atoms with E-state index in [4.69, 9.17) is 0 Å². The zero-order valence-electron chi connectivity index (χ0n) is 8.64. The summed E-state index contributed by atoms with van der Waals surface area (Å²) in [7, 11) is 3.40. The first-order valence-electron chi connectivity index (χ1n) is 4.81. The molecule has 0 aliphatic heterocycles. The molecule has 1 aromatic carbocycles.